The van der Waals surface area contributed by atoms with Crippen molar-refractivity contribution >= 4 is 5.97 Å². The largest absolute Gasteiger partial charge is 0.478 e. The summed E-state index contributed by atoms with van der Waals surface area (Å²) in [5.41, 5.74) is 2.52. The predicted octanol–water partition coefficient (Wildman–Crippen LogP) is 3.68. The summed E-state index contributed by atoms with van der Waals surface area (Å²) in [7, 11) is 0. The molecule has 0 radical (unpaired) electrons. The zero-order chi connectivity index (χ0) is 21.7. The maximum Gasteiger partial charge on any atom is 0.347 e. The van der Waals surface area contributed by atoms with Crippen LogP contribution in [0, 0.1) is 17.8 Å². The normalized spacial score (nSPS) is 10.7. The summed E-state index contributed by atoms with van der Waals surface area (Å²) >= 11 is 0. The molecular formula is C24H25N3O3. The Morgan fingerprint density at radius 1 is 1.13 bits per heavy atom. The van der Waals surface area contributed by atoms with Gasteiger partial charge in [0.15, 0.2) is 0 Å². The summed E-state index contributed by atoms with van der Waals surface area (Å²) in [5.74, 6) is 5.84. The molecule has 0 atom stereocenters. The highest BCUT2D eigenvalue weighted by Gasteiger charge is 2.15. The zero-order valence-corrected chi connectivity index (χ0v) is 17.4. The maximum absolute atomic E-state index is 12.8. The molecule has 0 fully saturated rings. The lowest BCUT2D eigenvalue weighted by Crippen LogP contribution is -2.26. The van der Waals surface area contributed by atoms with Gasteiger partial charge in [-0.1, -0.05) is 62.2 Å². The molecule has 0 saturated carbocycles. The van der Waals surface area contributed by atoms with E-state index in [0.717, 1.165) is 17.0 Å². The van der Waals surface area contributed by atoms with Gasteiger partial charge < -0.3 is 5.11 Å². The first-order chi connectivity index (χ1) is 14.4. The number of rotatable bonds is 7. The monoisotopic (exact) mass is 403 g/mol. The molecule has 6 heteroatoms. The summed E-state index contributed by atoms with van der Waals surface area (Å²) in [6.07, 6.45) is 0.700. The Morgan fingerprint density at radius 3 is 2.47 bits per heavy atom. The lowest BCUT2D eigenvalue weighted by Gasteiger charge is -2.10. The van der Waals surface area contributed by atoms with E-state index in [1.807, 2.05) is 30.3 Å². The van der Waals surface area contributed by atoms with Crippen molar-refractivity contribution in [1.29, 1.82) is 0 Å². The molecule has 154 valence electrons. The van der Waals surface area contributed by atoms with Gasteiger partial charge in [-0.2, -0.15) is 5.10 Å². The van der Waals surface area contributed by atoms with Crippen LogP contribution in [-0.4, -0.2) is 25.4 Å². The number of carboxylic acids is 1. The average molecular weight is 403 g/mol. The molecule has 3 aromatic rings. The Labute approximate surface area is 175 Å². The van der Waals surface area contributed by atoms with Crippen molar-refractivity contribution in [3.05, 3.63) is 76.0 Å². The fourth-order valence-corrected chi connectivity index (χ4v) is 3.31. The second kappa shape index (κ2) is 9.27. The fraction of sp³-hybridized carbons (Fsp3) is 0.292. The van der Waals surface area contributed by atoms with Crippen LogP contribution < -0.4 is 5.69 Å². The molecule has 0 spiro atoms. The molecule has 6 nitrogen and oxygen atoms in total. The highest BCUT2D eigenvalue weighted by Crippen LogP contribution is 2.24. The van der Waals surface area contributed by atoms with Crippen molar-refractivity contribution < 1.29 is 9.90 Å². The average Bonchev–Trinajstić information content (AvgIpc) is 3.01. The van der Waals surface area contributed by atoms with E-state index < -0.39 is 5.97 Å². The van der Waals surface area contributed by atoms with Crippen molar-refractivity contribution in [3.63, 3.8) is 0 Å². The van der Waals surface area contributed by atoms with Gasteiger partial charge in [-0.3, -0.25) is 4.57 Å². The smallest absolute Gasteiger partial charge is 0.347 e. The molecule has 2 aromatic carbocycles. The van der Waals surface area contributed by atoms with Crippen molar-refractivity contribution in [2.24, 2.45) is 5.92 Å². The molecule has 3 rings (SSSR count). The third-order valence-electron chi connectivity index (χ3n) is 4.76. The van der Waals surface area contributed by atoms with Crippen LogP contribution >= 0.6 is 0 Å². The quantitative estimate of drug-likeness (QED) is 0.611. The van der Waals surface area contributed by atoms with Crippen molar-refractivity contribution in [2.75, 3.05) is 0 Å². The second-order valence-electron chi connectivity index (χ2n) is 7.52. The Hall–Kier alpha value is -3.59. The number of aromatic nitrogens is 3. The number of aromatic carboxylic acids is 1. The topological polar surface area (TPSA) is 77.1 Å². The lowest BCUT2D eigenvalue weighted by molar-refractivity contribution is 0.0697. The second-order valence-corrected chi connectivity index (χ2v) is 7.52. The van der Waals surface area contributed by atoms with Gasteiger partial charge in [0, 0.05) is 6.42 Å². The van der Waals surface area contributed by atoms with Gasteiger partial charge in [0.2, 0.25) is 0 Å². The highest BCUT2D eigenvalue weighted by molar-refractivity contribution is 5.95. The van der Waals surface area contributed by atoms with Crippen LogP contribution in [0.4, 0.5) is 0 Å². The Balaban J connectivity index is 1.92. The molecule has 0 aliphatic carbocycles. The summed E-state index contributed by atoms with van der Waals surface area (Å²) < 4.78 is 3.10. The molecule has 1 heterocycles. The number of hydrogen-bond acceptors (Lipinski definition) is 3. The molecule has 30 heavy (non-hydrogen) atoms. The van der Waals surface area contributed by atoms with Gasteiger partial charge in [-0.25, -0.2) is 14.3 Å². The zero-order valence-electron chi connectivity index (χ0n) is 17.4. The molecule has 0 bridgehead atoms. The molecule has 1 N–H and O–H groups in total. The first kappa shape index (κ1) is 21.1. The summed E-state index contributed by atoms with van der Waals surface area (Å²) in [6, 6.07) is 14.5. The highest BCUT2D eigenvalue weighted by atomic mass is 16.4. The van der Waals surface area contributed by atoms with E-state index in [2.05, 4.69) is 30.8 Å². The van der Waals surface area contributed by atoms with Gasteiger partial charge in [-0.05, 0) is 35.6 Å². The molecule has 1 aromatic heterocycles. The first-order valence-corrected chi connectivity index (χ1v) is 9.88. The Bertz CT molecular complexity index is 1160. The van der Waals surface area contributed by atoms with E-state index in [1.54, 1.807) is 29.7 Å². The SMILES string of the molecule is CC#CCn1nc(CC(C)C)n(Cc2ccc(-c3ccccc3C(=O)O)cc2)c1=O. The van der Waals surface area contributed by atoms with Crippen LogP contribution in [-0.2, 0) is 19.5 Å². The van der Waals surface area contributed by atoms with E-state index in [0.29, 0.717) is 24.4 Å². The van der Waals surface area contributed by atoms with Crippen LogP contribution in [0.25, 0.3) is 11.1 Å². The van der Waals surface area contributed by atoms with Gasteiger partial charge in [0.05, 0.1) is 12.1 Å². The van der Waals surface area contributed by atoms with Gasteiger partial charge in [0.25, 0.3) is 0 Å². The minimum atomic E-state index is -0.956. The Morgan fingerprint density at radius 2 is 1.83 bits per heavy atom. The summed E-state index contributed by atoms with van der Waals surface area (Å²) in [4.78, 5) is 24.3. The first-order valence-electron chi connectivity index (χ1n) is 9.88. The molecule has 0 amide bonds. The third kappa shape index (κ3) is 4.69. The van der Waals surface area contributed by atoms with Crippen molar-refractivity contribution in [1.82, 2.24) is 14.3 Å². The van der Waals surface area contributed by atoms with E-state index >= 15 is 0 Å². The molecule has 0 aliphatic rings. The van der Waals surface area contributed by atoms with E-state index in [9.17, 15) is 14.7 Å². The number of benzene rings is 2. The van der Waals surface area contributed by atoms with Gasteiger partial charge in [0.1, 0.15) is 12.4 Å². The van der Waals surface area contributed by atoms with E-state index in [1.165, 1.54) is 4.68 Å². The predicted molar refractivity (Wildman–Crippen MR) is 116 cm³/mol. The minimum Gasteiger partial charge on any atom is -0.478 e. The fourth-order valence-electron chi connectivity index (χ4n) is 3.31. The van der Waals surface area contributed by atoms with Crippen LogP contribution in [0.3, 0.4) is 0 Å². The van der Waals surface area contributed by atoms with Gasteiger partial charge in [-0.15, -0.1) is 5.92 Å². The molecule has 0 aliphatic heterocycles. The van der Waals surface area contributed by atoms with Crippen LogP contribution in [0.1, 0.15) is 42.5 Å². The van der Waals surface area contributed by atoms with Crippen LogP contribution in [0.2, 0.25) is 0 Å². The lowest BCUT2D eigenvalue weighted by atomic mass is 9.99. The molecule has 0 saturated heterocycles. The minimum absolute atomic E-state index is 0.173. The van der Waals surface area contributed by atoms with Gasteiger partial charge >= 0.3 is 11.7 Å². The van der Waals surface area contributed by atoms with Crippen LogP contribution in [0.15, 0.2) is 53.3 Å². The third-order valence-corrected chi connectivity index (χ3v) is 4.76. The van der Waals surface area contributed by atoms with Crippen molar-refractivity contribution in [3.8, 4) is 23.0 Å². The number of carboxylic acid groups (broad SMARTS) is 1. The Kier molecular flexibility index (Phi) is 6.53. The maximum atomic E-state index is 12.8. The van der Waals surface area contributed by atoms with E-state index in [4.69, 9.17) is 0 Å². The summed E-state index contributed by atoms with van der Waals surface area (Å²) in [6.45, 7) is 6.60. The summed E-state index contributed by atoms with van der Waals surface area (Å²) in [5, 5.41) is 13.9. The molecule has 0 unspecified atom stereocenters. The van der Waals surface area contributed by atoms with Crippen LogP contribution in [0.5, 0.6) is 0 Å². The van der Waals surface area contributed by atoms with Crippen molar-refractivity contribution in [2.45, 2.75) is 40.3 Å². The number of hydrogen-bond donors (Lipinski definition) is 1. The number of nitrogens with zero attached hydrogens (tertiary/aromatic N) is 3. The van der Waals surface area contributed by atoms with E-state index in [-0.39, 0.29) is 17.8 Å². The number of carbonyl (C=O) groups is 1. The standard InChI is InChI=1S/C24H25N3O3/c1-4-5-14-27-24(30)26(22(25-27)15-17(2)3)16-18-10-12-19(13-11-18)20-8-6-7-9-21(20)23(28)29/h6-13,17H,14-16H2,1-3H3,(H,28,29). The molecular weight excluding hydrogens is 378 g/mol.